The highest BCUT2D eigenvalue weighted by molar-refractivity contribution is 5.85. The van der Waals surface area contributed by atoms with Gasteiger partial charge in [-0.15, -0.1) is 10.2 Å². The molecule has 82 valence electrons. The zero-order chi connectivity index (χ0) is 11.3. The monoisotopic (exact) mass is 211 g/mol. The predicted octanol–water partition coefficient (Wildman–Crippen LogP) is -0.00660. The van der Waals surface area contributed by atoms with Crippen molar-refractivity contribution in [2.45, 2.75) is 6.92 Å². The lowest BCUT2D eigenvalue weighted by Crippen LogP contribution is -2.27. The van der Waals surface area contributed by atoms with E-state index in [0.717, 1.165) is 0 Å². The average Bonchev–Trinajstić information content (AvgIpc) is 2.26. The van der Waals surface area contributed by atoms with Crippen LogP contribution in [0.25, 0.3) is 0 Å². The van der Waals surface area contributed by atoms with Crippen LogP contribution in [0.5, 0.6) is 0 Å². The van der Waals surface area contributed by atoms with Gasteiger partial charge >= 0.3 is 5.97 Å². The molecule has 0 spiro atoms. The second-order valence-electron chi connectivity index (χ2n) is 2.89. The molecule has 0 aromatic carbocycles. The molecular weight excluding hydrogens is 198 g/mol. The molecule has 1 heterocycles. The third-order valence-corrected chi connectivity index (χ3v) is 1.95. The van der Waals surface area contributed by atoms with Crippen LogP contribution < -0.4 is 4.90 Å². The van der Waals surface area contributed by atoms with Crippen LogP contribution in [0.4, 0.5) is 5.82 Å². The second kappa shape index (κ2) is 5.26. The SMILES string of the molecule is CCN(CCO)c1ccc(C(=O)O)nn1. The molecule has 0 aliphatic carbocycles. The number of hydrogen-bond donors (Lipinski definition) is 2. The van der Waals surface area contributed by atoms with E-state index >= 15 is 0 Å². The maximum Gasteiger partial charge on any atom is 0.356 e. The van der Waals surface area contributed by atoms with Gasteiger partial charge in [-0.1, -0.05) is 0 Å². The van der Waals surface area contributed by atoms with E-state index in [0.29, 0.717) is 18.9 Å². The molecule has 6 heteroatoms. The smallest absolute Gasteiger partial charge is 0.356 e. The van der Waals surface area contributed by atoms with Gasteiger partial charge in [0.2, 0.25) is 0 Å². The molecule has 1 aromatic heterocycles. The third-order valence-electron chi connectivity index (χ3n) is 1.95. The number of carbonyl (C=O) groups is 1. The van der Waals surface area contributed by atoms with Gasteiger partial charge in [-0.25, -0.2) is 4.79 Å². The molecule has 6 nitrogen and oxygen atoms in total. The molecule has 1 rings (SSSR count). The number of rotatable bonds is 5. The Morgan fingerprint density at radius 3 is 2.60 bits per heavy atom. The highest BCUT2D eigenvalue weighted by atomic mass is 16.4. The minimum absolute atomic E-state index is 0.0240. The number of carboxylic acids is 1. The van der Waals surface area contributed by atoms with Crippen LogP contribution in [-0.2, 0) is 0 Å². The molecule has 2 N–H and O–H groups in total. The van der Waals surface area contributed by atoms with Gasteiger partial charge in [-0.3, -0.25) is 0 Å². The van der Waals surface area contributed by atoms with E-state index in [1.165, 1.54) is 6.07 Å². The Morgan fingerprint density at radius 2 is 2.20 bits per heavy atom. The molecule has 0 fully saturated rings. The highest BCUT2D eigenvalue weighted by Gasteiger charge is 2.08. The van der Waals surface area contributed by atoms with E-state index in [-0.39, 0.29) is 12.3 Å². The summed E-state index contributed by atoms with van der Waals surface area (Å²) in [6.45, 7) is 3.08. The molecule has 1 aromatic rings. The lowest BCUT2D eigenvalue weighted by atomic mass is 10.3. The van der Waals surface area contributed by atoms with Gasteiger partial charge in [0.1, 0.15) is 0 Å². The minimum Gasteiger partial charge on any atom is -0.476 e. The lowest BCUT2D eigenvalue weighted by molar-refractivity contribution is 0.0689. The van der Waals surface area contributed by atoms with E-state index in [4.69, 9.17) is 10.2 Å². The van der Waals surface area contributed by atoms with Crippen LogP contribution in [0.1, 0.15) is 17.4 Å². The zero-order valence-electron chi connectivity index (χ0n) is 8.42. The molecule has 0 amide bonds. The number of aromatic carboxylic acids is 1. The van der Waals surface area contributed by atoms with Gasteiger partial charge in [-0.05, 0) is 19.1 Å². The molecule has 0 bridgehead atoms. The number of nitrogens with zero attached hydrogens (tertiary/aromatic N) is 3. The van der Waals surface area contributed by atoms with Crippen molar-refractivity contribution in [1.82, 2.24) is 10.2 Å². The summed E-state index contributed by atoms with van der Waals surface area (Å²) in [6.07, 6.45) is 0. The van der Waals surface area contributed by atoms with Crippen molar-refractivity contribution in [3.63, 3.8) is 0 Å². The maximum atomic E-state index is 10.5. The second-order valence-corrected chi connectivity index (χ2v) is 2.89. The molecule has 0 saturated heterocycles. The summed E-state index contributed by atoms with van der Waals surface area (Å²) in [5, 5.41) is 24.7. The summed E-state index contributed by atoms with van der Waals surface area (Å²) < 4.78 is 0. The van der Waals surface area contributed by atoms with Crippen LogP contribution in [0.2, 0.25) is 0 Å². The Labute approximate surface area is 87.2 Å². The summed E-state index contributed by atoms with van der Waals surface area (Å²) in [6, 6.07) is 2.97. The Balaban J connectivity index is 2.81. The third kappa shape index (κ3) is 2.88. The Bertz CT molecular complexity index is 326. The molecule has 15 heavy (non-hydrogen) atoms. The van der Waals surface area contributed by atoms with Gasteiger partial charge in [0.15, 0.2) is 11.5 Å². The number of aliphatic hydroxyl groups excluding tert-OH is 1. The van der Waals surface area contributed by atoms with Crippen molar-refractivity contribution in [3.05, 3.63) is 17.8 Å². The summed E-state index contributed by atoms with van der Waals surface area (Å²) in [5.41, 5.74) is -0.0844. The quantitative estimate of drug-likeness (QED) is 0.712. The van der Waals surface area contributed by atoms with Gasteiger partial charge < -0.3 is 15.1 Å². The first-order valence-electron chi connectivity index (χ1n) is 4.62. The summed E-state index contributed by atoms with van der Waals surface area (Å²) in [7, 11) is 0. The van der Waals surface area contributed by atoms with Crippen LogP contribution in [0.3, 0.4) is 0 Å². The number of hydrogen-bond acceptors (Lipinski definition) is 5. The number of carboxylic acid groups (broad SMARTS) is 1. The van der Waals surface area contributed by atoms with E-state index < -0.39 is 5.97 Å². The Hall–Kier alpha value is -1.69. The Morgan fingerprint density at radius 1 is 1.47 bits per heavy atom. The highest BCUT2D eigenvalue weighted by Crippen LogP contribution is 2.08. The summed E-state index contributed by atoms with van der Waals surface area (Å²) in [5.74, 6) is -0.532. The van der Waals surface area contributed by atoms with Crippen LogP contribution in [0, 0.1) is 0 Å². The number of anilines is 1. The predicted molar refractivity (Wildman–Crippen MR) is 54.0 cm³/mol. The zero-order valence-corrected chi connectivity index (χ0v) is 8.42. The molecule has 0 radical (unpaired) electrons. The largest absolute Gasteiger partial charge is 0.476 e. The molecule has 0 saturated carbocycles. The number of aliphatic hydroxyl groups is 1. The van der Waals surface area contributed by atoms with E-state index in [9.17, 15) is 4.79 Å². The van der Waals surface area contributed by atoms with Crippen molar-refractivity contribution >= 4 is 11.8 Å². The van der Waals surface area contributed by atoms with Crippen molar-refractivity contribution < 1.29 is 15.0 Å². The van der Waals surface area contributed by atoms with Gasteiger partial charge in [-0.2, -0.15) is 0 Å². The van der Waals surface area contributed by atoms with Crippen LogP contribution in [-0.4, -0.2) is 46.1 Å². The normalized spacial score (nSPS) is 10.0. The first-order valence-corrected chi connectivity index (χ1v) is 4.62. The minimum atomic E-state index is -1.10. The fraction of sp³-hybridized carbons (Fsp3) is 0.444. The Kier molecular flexibility index (Phi) is 3.99. The molecule has 0 aliphatic rings. The van der Waals surface area contributed by atoms with E-state index in [1.54, 1.807) is 11.0 Å². The van der Waals surface area contributed by atoms with Crippen molar-refractivity contribution in [1.29, 1.82) is 0 Å². The van der Waals surface area contributed by atoms with Gasteiger partial charge in [0.05, 0.1) is 6.61 Å². The topological polar surface area (TPSA) is 86.5 Å². The average molecular weight is 211 g/mol. The standard InChI is InChI=1S/C9H13N3O3/c1-2-12(5-6-13)8-4-3-7(9(14)15)10-11-8/h3-4,13H,2,5-6H2,1H3,(H,14,15). The van der Waals surface area contributed by atoms with E-state index in [1.807, 2.05) is 6.92 Å². The maximum absolute atomic E-state index is 10.5. The molecule has 0 aliphatic heterocycles. The van der Waals surface area contributed by atoms with Crippen molar-refractivity contribution in [3.8, 4) is 0 Å². The fourth-order valence-electron chi connectivity index (χ4n) is 1.16. The molecule has 0 unspecified atom stereocenters. The van der Waals surface area contributed by atoms with E-state index in [2.05, 4.69) is 10.2 Å². The van der Waals surface area contributed by atoms with Crippen molar-refractivity contribution in [2.75, 3.05) is 24.6 Å². The van der Waals surface area contributed by atoms with Gasteiger partial charge in [0.25, 0.3) is 0 Å². The first-order chi connectivity index (χ1) is 7.19. The van der Waals surface area contributed by atoms with Crippen LogP contribution >= 0.6 is 0 Å². The lowest BCUT2D eigenvalue weighted by Gasteiger charge is -2.19. The summed E-state index contributed by atoms with van der Waals surface area (Å²) >= 11 is 0. The first kappa shape index (κ1) is 11.4. The molecular formula is C9H13N3O3. The number of aromatic nitrogens is 2. The van der Waals surface area contributed by atoms with Gasteiger partial charge in [0, 0.05) is 13.1 Å². The van der Waals surface area contributed by atoms with Crippen LogP contribution in [0.15, 0.2) is 12.1 Å². The fourth-order valence-corrected chi connectivity index (χ4v) is 1.16. The molecule has 0 atom stereocenters. The number of likely N-dealkylation sites (N-methyl/N-ethyl adjacent to an activating group) is 1. The van der Waals surface area contributed by atoms with Crippen molar-refractivity contribution in [2.24, 2.45) is 0 Å². The summed E-state index contributed by atoms with van der Waals surface area (Å²) in [4.78, 5) is 12.3.